The number of hydrogen-bond acceptors (Lipinski definition) is 5. The second kappa shape index (κ2) is 5.19. The molecule has 3 fully saturated rings. The van der Waals surface area contributed by atoms with E-state index >= 15 is 0 Å². The Balaban J connectivity index is 1.74. The van der Waals surface area contributed by atoms with E-state index in [1.807, 2.05) is 13.0 Å². The molecule has 6 atom stereocenters. The summed E-state index contributed by atoms with van der Waals surface area (Å²) >= 11 is 0. The number of carbonyl (C=O) groups is 2. The average Bonchev–Trinajstić information content (AvgIpc) is 3.16. The highest BCUT2D eigenvalue weighted by Gasteiger charge is 2.73. The molecule has 25 heavy (non-hydrogen) atoms. The molecule has 2 saturated carbocycles. The minimum absolute atomic E-state index is 0.00555. The highest BCUT2D eigenvalue weighted by atomic mass is 16.6. The largest absolute Gasteiger partial charge is 0.472 e. The lowest BCUT2D eigenvalue weighted by atomic mass is 9.43. The lowest BCUT2D eigenvalue weighted by Crippen LogP contribution is -2.66. The van der Waals surface area contributed by atoms with Gasteiger partial charge >= 0.3 is 5.97 Å². The van der Waals surface area contributed by atoms with E-state index in [1.165, 1.54) is 0 Å². The minimum Gasteiger partial charge on any atom is -0.472 e. The van der Waals surface area contributed by atoms with Gasteiger partial charge in [0.1, 0.15) is 17.3 Å². The summed E-state index contributed by atoms with van der Waals surface area (Å²) in [5, 5.41) is 11.8. The lowest BCUT2D eigenvalue weighted by Gasteiger charge is -2.60. The van der Waals surface area contributed by atoms with Crippen molar-refractivity contribution in [2.75, 3.05) is 0 Å². The fourth-order valence-corrected chi connectivity index (χ4v) is 6.03. The molecule has 0 radical (unpaired) electrons. The number of rotatable bonds is 3. The maximum Gasteiger partial charge on any atom is 0.320 e. The third-order valence-corrected chi connectivity index (χ3v) is 7.58. The van der Waals surface area contributed by atoms with Crippen molar-refractivity contribution < 1.29 is 23.8 Å². The second-order valence-electron chi connectivity index (χ2n) is 8.66. The standard InChI is InChI=1S/C20H26O5/c1-12-10-14-16-18(2,7-5-15(21)19(16,3)17(22)25-14)20(12,23)8-4-13-6-9-24-11-13/h6,9,11-12,14,16,23H,4-5,7-8,10H2,1-3H3/t12-,14+,16+,18-,19-,20-/m1/s1. The summed E-state index contributed by atoms with van der Waals surface area (Å²) in [7, 11) is 0. The maximum atomic E-state index is 12.6. The van der Waals surface area contributed by atoms with Gasteiger partial charge in [-0.3, -0.25) is 9.59 Å². The van der Waals surface area contributed by atoms with Crippen LogP contribution in [0.5, 0.6) is 0 Å². The first-order chi connectivity index (χ1) is 11.7. The van der Waals surface area contributed by atoms with Crippen LogP contribution in [0.4, 0.5) is 0 Å². The van der Waals surface area contributed by atoms with E-state index in [0.717, 1.165) is 5.56 Å². The van der Waals surface area contributed by atoms with Crippen LogP contribution >= 0.6 is 0 Å². The van der Waals surface area contributed by atoms with Gasteiger partial charge in [0.25, 0.3) is 0 Å². The van der Waals surface area contributed by atoms with Gasteiger partial charge in [-0.15, -0.1) is 0 Å². The molecule has 2 aliphatic carbocycles. The predicted octanol–water partition coefficient (Wildman–Crippen LogP) is 2.90. The smallest absolute Gasteiger partial charge is 0.320 e. The number of furan rings is 1. The lowest BCUT2D eigenvalue weighted by molar-refractivity contribution is -0.215. The normalized spacial score (nSPS) is 46.0. The van der Waals surface area contributed by atoms with Crippen LogP contribution in [0.25, 0.3) is 0 Å². The predicted molar refractivity (Wildman–Crippen MR) is 89.6 cm³/mol. The summed E-state index contributed by atoms with van der Waals surface area (Å²) in [6.07, 6.45) is 5.92. The zero-order valence-corrected chi connectivity index (χ0v) is 15.1. The number of aliphatic hydroxyl groups is 1. The molecule has 3 aliphatic rings. The van der Waals surface area contributed by atoms with Gasteiger partial charge in [0.15, 0.2) is 0 Å². The summed E-state index contributed by atoms with van der Waals surface area (Å²) in [4.78, 5) is 25.2. The van der Waals surface area contributed by atoms with Gasteiger partial charge in [-0.05, 0) is 50.2 Å². The number of ether oxygens (including phenoxy) is 1. The van der Waals surface area contributed by atoms with Crippen molar-refractivity contribution in [3.63, 3.8) is 0 Å². The zero-order chi connectivity index (χ0) is 18.0. The summed E-state index contributed by atoms with van der Waals surface area (Å²) in [5.41, 5.74) is -1.52. The molecule has 1 N–H and O–H groups in total. The van der Waals surface area contributed by atoms with E-state index in [2.05, 4.69) is 6.92 Å². The van der Waals surface area contributed by atoms with Crippen molar-refractivity contribution in [2.45, 2.75) is 64.6 Å². The van der Waals surface area contributed by atoms with Gasteiger partial charge < -0.3 is 14.3 Å². The van der Waals surface area contributed by atoms with E-state index in [1.54, 1.807) is 19.5 Å². The average molecular weight is 346 g/mol. The highest BCUT2D eigenvalue weighted by Crippen LogP contribution is 2.66. The molecule has 5 nitrogen and oxygen atoms in total. The number of Topliss-reactive ketones (excluding diaryl/α,β-unsaturated/α-hetero) is 1. The van der Waals surface area contributed by atoms with Gasteiger partial charge in [-0.1, -0.05) is 13.8 Å². The summed E-state index contributed by atoms with van der Waals surface area (Å²) < 4.78 is 10.8. The molecule has 5 heteroatoms. The molecule has 1 aliphatic heterocycles. The Morgan fingerprint density at radius 3 is 2.76 bits per heavy atom. The molecule has 0 bridgehead atoms. The van der Waals surface area contributed by atoms with Crippen LogP contribution in [-0.4, -0.2) is 28.6 Å². The van der Waals surface area contributed by atoms with Gasteiger partial charge in [0.2, 0.25) is 0 Å². The molecular formula is C20H26O5. The molecule has 0 unspecified atom stereocenters. The highest BCUT2D eigenvalue weighted by molar-refractivity contribution is 6.06. The molecule has 0 aromatic carbocycles. The molecular weight excluding hydrogens is 320 g/mol. The van der Waals surface area contributed by atoms with Crippen LogP contribution in [0, 0.1) is 22.7 Å². The number of ketones is 1. The topological polar surface area (TPSA) is 76.7 Å². The SMILES string of the molecule is C[C@@H]1C[C@@H]2OC(=O)[C@]3(C)C(=O)CC[C@](C)([C@H]23)[C@@]1(O)CCc1ccoc1. The second-order valence-corrected chi connectivity index (χ2v) is 8.66. The third kappa shape index (κ3) is 1.99. The quantitative estimate of drug-likeness (QED) is 0.673. The Labute approximate surface area is 147 Å². The minimum atomic E-state index is -1.11. The van der Waals surface area contributed by atoms with Crippen molar-refractivity contribution in [3.8, 4) is 0 Å². The van der Waals surface area contributed by atoms with Gasteiger partial charge in [0.05, 0.1) is 18.1 Å². The number of aryl methyl sites for hydroxylation is 1. The van der Waals surface area contributed by atoms with E-state index in [0.29, 0.717) is 32.1 Å². The fourth-order valence-electron chi connectivity index (χ4n) is 6.03. The van der Waals surface area contributed by atoms with Crippen LogP contribution in [0.1, 0.15) is 52.0 Å². The Hall–Kier alpha value is -1.62. The van der Waals surface area contributed by atoms with Crippen LogP contribution < -0.4 is 0 Å². The first-order valence-corrected chi connectivity index (χ1v) is 9.21. The van der Waals surface area contributed by atoms with Crippen LogP contribution in [0.3, 0.4) is 0 Å². The van der Waals surface area contributed by atoms with Gasteiger partial charge in [-0.25, -0.2) is 0 Å². The van der Waals surface area contributed by atoms with E-state index in [-0.39, 0.29) is 23.7 Å². The van der Waals surface area contributed by atoms with E-state index < -0.39 is 22.4 Å². The monoisotopic (exact) mass is 346 g/mol. The van der Waals surface area contributed by atoms with Crippen molar-refractivity contribution in [3.05, 3.63) is 24.2 Å². The molecule has 1 aromatic rings. The summed E-state index contributed by atoms with van der Waals surface area (Å²) in [6, 6.07) is 1.92. The molecule has 1 saturated heterocycles. The Morgan fingerprint density at radius 1 is 1.32 bits per heavy atom. The Kier molecular flexibility index (Phi) is 3.50. The molecule has 0 amide bonds. The van der Waals surface area contributed by atoms with Crippen LogP contribution in [-0.2, 0) is 20.7 Å². The molecule has 136 valence electrons. The number of carbonyl (C=O) groups excluding carboxylic acids is 2. The van der Waals surface area contributed by atoms with E-state index in [4.69, 9.17) is 9.15 Å². The zero-order valence-electron chi connectivity index (χ0n) is 15.1. The third-order valence-electron chi connectivity index (χ3n) is 7.58. The fraction of sp³-hybridized carbons (Fsp3) is 0.700. The summed E-state index contributed by atoms with van der Waals surface area (Å²) in [6.45, 7) is 5.82. The molecule has 2 heterocycles. The van der Waals surface area contributed by atoms with Crippen LogP contribution in [0.2, 0.25) is 0 Å². The van der Waals surface area contributed by atoms with Crippen LogP contribution in [0.15, 0.2) is 23.0 Å². The Morgan fingerprint density at radius 2 is 2.08 bits per heavy atom. The molecule has 0 spiro atoms. The van der Waals surface area contributed by atoms with Crippen molar-refractivity contribution in [1.29, 1.82) is 0 Å². The van der Waals surface area contributed by atoms with Gasteiger partial charge in [-0.2, -0.15) is 0 Å². The summed E-state index contributed by atoms with van der Waals surface area (Å²) in [5.74, 6) is -0.688. The first-order valence-electron chi connectivity index (χ1n) is 9.21. The number of esters is 1. The molecule has 1 aromatic heterocycles. The number of hydrogen-bond donors (Lipinski definition) is 1. The van der Waals surface area contributed by atoms with Crippen molar-refractivity contribution >= 4 is 11.8 Å². The van der Waals surface area contributed by atoms with Gasteiger partial charge in [0, 0.05) is 17.8 Å². The molecule has 4 rings (SSSR count). The maximum absolute atomic E-state index is 12.6. The first kappa shape index (κ1) is 16.8. The van der Waals surface area contributed by atoms with E-state index in [9.17, 15) is 14.7 Å². The Bertz CT molecular complexity index is 710. The van der Waals surface area contributed by atoms with Crippen molar-refractivity contribution in [2.24, 2.45) is 22.7 Å². The van der Waals surface area contributed by atoms with Crippen molar-refractivity contribution in [1.82, 2.24) is 0 Å².